The summed E-state index contributed by atoms with van der Waals surface area (Å²) in [5.74, 6) is 1.65. The van der Waals surface area contributed by atoms with E-state index in [0.717, 1.165) is 11.8 Å². The predicted octanol–water partition coefficient (Wildman–Crippen LogP) is 6.29. The van der Waals surface area contributed by atoms with Gasteiger partial charge in [0.1, 0.15) is 0 Å². The maximum absolute atomic E-state index is 2.60. The Morgan fingerprint density at radius 1 is 1.05 bits per heavy atom. The van der Waals surface area contributed by atoms with E-state index in [1.807, 2.05) is 5.57 Å². The fraction of sp³-hybridized carbons (Fsp3) is 0.800. The van der Waals surface area contributed by atoms with Crippen molar-refractivity contribution in [3.8, 4) is 0 Å². The lowest BCUT2D eigenvalue weighted by atomic mass is 9.49. The van der Waals surface area contributed by atoms with Crippen LogP contribution in [-0.4, -0.2) is 0 Å². The molecule has 0 heterocycles. The monoisotopic (exact) mass is 272 g/mol. The highest BCUT2D eigenvalue weighted by atomic mass is 14.5. The average molecular weight is 272 g/mol. The van der Waals surface area contributed by atoms with Crippen molar-refractivity contribution in [2.75, 3.05) is 0 Å². The first-order chi connectivity index (χ1) is 9.34. The van der Waals surface area contributed by atoms with Crippen LogP contribution in [0.2, 0.25) is 0 Å². The molecule has 0 nitrogen and oxygen atoms in total. The molecule has 3 aliphatic rings. The molecule has 2 atom stereocenters. The van der Waals surface area contributed by atoms with Crippen LogP contribution in [0.5, 0.6) is 0 Å². The van der Waals surface area contributed by atoms with Gasteiger partial charge in [-0.1, -0.05) is 58.3 Å². The SMILES string of the molecule is CC(C)C1=CC2=C(CC1)[C@@]1(C)CCCC(C)(C)[C@@H]1CC2. The third-order valence-corrected chi connectivity index (χ3v) is 6.77. The number of hydrogen-bond acceptors (Lipinski definition) is 0. The number of hydrogen-bond donors (Lipinski definition) is 0. The van der Waals surface area contributed by atoms with E-state index in [9.17, 15) is 0 Å². The molecule has 0 spiro atoms. The third-order valence-electron chi connectivity index (χ3n) is 6.77. The highest BCUT2D eigenvalue weighted by Gasteiger charge is 2.50. The van der Waals surface area contributed by atoms with E-state index < -0.39 is 0 Å². The maximum atomic E-state index is 2.60. The lowest BCUT2D eigenvalue weighted by molar-refractivity contribution is 0.0106. The summed E-state index contributed by atoms with van der Waals surface area (Å²) in [6, 6.07) is 0. The molecular formula is C20H32. The third kappa shape index (κ3) is 2.11. The molecule has 0 radical (unpaired) electrons. The van der Waals surface area contributed by atoms with Crippen LogP contribution in [0.25, 0.3) is 0 Å². The summed E-state index contributed by atoms with van der Waals surface area (Å²) < 4.78 is 0. The van der Waals surface area contributed by atoms with Gasteiger partial charge in [-0.05, 0) is 66.8 Å². The van der Waals surface area contributed by atoms with Crippen molar-refractivity contribution in [2.45, 2.75) is 79.6 Å². The molecule has 20 heavy (non-hydrogen) atoms. The Bertz CT molecular complexity index is 460. The first kappa shape index (κ1) is 14.4. The summed E-state index contributed by atoms with van der Waals surface area (Å²) in [6.07, 6.45) is 12.3. The lowest BCUT2D eigenvalue weighted by Crippen LogP contribution is -2.45. The van der Waals surface area contributed by atoms with Crippen molar-refractivity contribution in [1.82, 2.24) is 0 Å². The van der Waals surface area contributed by atoms with E-state index >= 15 is 0 Å². The zero-order valence-corrected chi connectivity index (χ0v) is 14.2. The number of allylic oxidation sites excluding steroid dienone is 4. The van der Waals surface area contributed by atoms with Crippen molar-refractivity contribution >= 4 is 0 Å². The molecule has 0 aromatic heterocycles. The van der Waals surface area contributed by atoms with Gasteiger partial charge in [-0.25, -0.2) is 0 Å². The van der Waals surface area contributed by atoms with Crippen LogP contribution in [-0.2, 0) is 0 Å². The zero-order chi connectivity index (χ0) is 14.5. The van der Waals surface area contributed by atoms with Gasteiger partial charge in [-0.2, -0.15) is 0 Å². The molecular weight excluding hydrogens is 240 g/mol. The summed E-state index contributed by atoms with van der Waals surface area (Å²) in [5, 5.41) is 0. The Balaban J connectivity index is 2.00. The van der Waals surface area contributed by atoms with Gasteiger partial charge in [0.2, 0.25) is 0 Å². The Kier molecular flexibility index (Phi) is 3.42. The quantitative estimate of drug-likeness (QED) is 0.526. The summed E-state index contributed by atoms with van der Waals surface area (Å²) in [5.41, 5.74) is 6.34. The standard InChI is InChI=1S/C20H32/c1-14(2)15-7-9-17-16(13-15)8-10-18-19(3,4)11-6-12-20(17,18)5/h13-14,18H,6-12H2,1-5H3/t18-,20+/m0/s1. The summed E-state index contributed by atoms with van der Waals surface area (Å²) in [7, 11) is 0. The van der Waals surface area contributed by atoms with Gasteiger partial charge in [-0.3, -0.25) is 0 Å². The number of rotatable bonds is 1. The molecule has 3 rings (SSSR count). The summed E-state index contributed by atoms with van der Waals surface area (Å²) in [6.45, 7) is 12.4. The molecule has 0 aromatic rings. The van der Waals surface area contributed by atoms with Crippen molar-refractivity contribution in [1.29, 1.82) is 0 Å². The highest BCUT2D eigenvalue weighted by molar-refractivity contribution is 5.40. The Morgan fingerprint density at radius 3 is 2.50 bits per heavy atom. The average Bonchev–Trinajstić information content (AvgIpc) is 2.37. The van der Waals surface area contributed by atoms with E-state index in [4.69, 9.17) is 0 Å². The van der Waals surface area contributed by atoms with Gasteiger partial charge < -0.3 is 0 Å². The highest BCUT2D eigenvalue weighted by Crippen LogP contribution is 2.61. The van der Waals surface area contributed by atoms with Crippen molar-refractivity contribution in [3.63, 3.8) is 0 Å². The largest absolute Gasteiger partial charge is 0.0671 e. The second-order valence-electron chi connectivity index (χ2n) is 8.73. The van der Waals surface area contributed by atoms with Crippen LogP contribution in [0, 0.1) is 22.7 Å². The molecule has 0 bridgehead atoms. The van der Waals surface area contributed by atoms with Gasteiger partial charge in [0.15, 0.2) is 0 Å². The van der Waals surface area contributed by atoms with E-state index in [1.165, 1.54) is 44.9 Å². The van der Waals surface area contributed by atoms with Crippen molar-refractivity contribution in [2.24, 2.45) is 22.7 Å². The molecule has 0 aromatic carbocycles. The fourth-order valence-corrected chi connectivity index (χ4v) is 5.64. The lowest BCUT2D eigenvalue weighted by Gasteiger charge is -2.56. The smallest absolute Gasteiger partial charge is 0.00770 e. The van der Waals surface area contributed by atoms with Gasteiger partial charge >= 0.3 is 0 Å². The molecule has 0 aliphatic heterocycles. The zero-order valence-electron chi connectivity index (χ0n) is 14.2. The second kappa shape index (κ2) is 4.75. The van der Waals surface area contributed by atoms with Crippen LogP contribution in [0.15, 0.2) is 22.8 Å². The van der Waals surface area contributed by atoms with Gasteiger partial charge in [0, 0.05) is 0 Å². The Hall–Kier alpha value is -0.520. The van der Waals surface area contributed by atoms with Gasteiger partial charge in [-0.15, -0.1) is 0 Å². The molecule has 0 saturated heterocycles. The molecule has 0 amide bonds. The van der Waals surface area contributed by atoms with E-state index in [2.05, 4.69) is 40.7 Å². The molecule has 1 fully saturated rings. The summed E-state index contributed by atoms with van der Waals surface area (Å²) >= 11 is 0. The molecule has 0 N–H and O–H groups in total. The molecule has 112 valence electrons. The van der Waals surface area contributed by atoms with Crippen LogP contribution in [0.3, 0.4) is 0 Å². The molecule has 3 aliphatic carbocycles. The second-order valence-corrected chi connectivity index (χ2v) is 8.73. The number of fused-ring (bicyclic) bond motifs is 2. The van der Waals surface area contributed by atoms with Crippen molar-refractivity contribution in [3.05, 3.63) is 22.8 Å². The summed E-state index contributed by atoms with van der Waals surface area (Å²) in [4.78, 5) is 0. The first-order valence-electron chi connectivity index (χ1n) is 8.77. The van der Waals surface area contributed by atoms with Gasteiger partial charge in [0.25, 0.3) is 0 Å². The van der Waals surface area contributed by atoms with Crippen molar-refractivity contribution < 1.29 is 0 Å². The first-order valence-corrected chi connectivity index (χ1v) is 8.77. The Morgan fingerprint density at radius 2 is 1.80 bits per heavy atom. The van der Waals surface area contributed by atoms with Crippen LogP contribution >= 0.6 is 0 Å². The van der Waals surface area contributed by atoms with Crippen LogP contribution in [0.4, 0.5) is 0 Å². The minimum atomic E-state index is 0.508. The normalized spacial score (nSPS) is 36.5. The maximum Gasteiger partial charge on any atom is -0.00770 e. The van der Waals surface area contributed by atoms with Gasteiger partial charge in [0.05, 0.1) is 0 Å². The molecule has 0 heteroatoms. The minimum absolute atomic E-state index is 0.508. The Labute approximate surface area is 125 Å². The topological polar surface area (TPSA) is 0 Å². The molecule has 1 saturated carbocycles. The van der Waals surface area contributed by atoms with E-state index in [1.54, 1.807) is 11.1 Å². The predicted molar refractivity (Wildman–Crippen MR) is 87.6 cm³/mol. The van der Waals surface area contributed by atoms with E-state index in [-0.39, 0.29) is 0 Å². The fourth-order valence-electron chi connectivity index (χ4n) is 5.64. The molecule has 0 unspecified atom stereocenters. The van der Waals surface area contributed by atoms with Crippen LogP contribution < -0.4 is 0 Å². The minimum Gasteiger partial charge on any atom is -0.0671 e. The van der Waals surface area contributed by atoms with E-state index in [0.29, 0.717) is 10.8 Å². The van der Waals surface area contributed by atoms with Crippen LogP contribution in [0.1, 0.15) is 79.6 Å².